The van der Waals surface area contributed by atoms with Crippen molar-refractivity contribution in [3.05, 3.63) is 82.1 Å². The number of amides is 4. The number of nitrogens with one attached hydrogen (secondary N) is 4. The van der Waals surface area contributed by atoms with Gasteiger partial charge in [-0.1, -0.05) is 56.1 Å². The van der Waals surface area contributed by atoms with Crippen LogP contribution in [0.4, 0.5) is 26.9 Å². The van der Waals surface area contributed by atoms with Crippen molar-refractivity contribution < 1.29 is 19.4 Å². The molecule has 0 saturated carbocycles. The maximum Gasteiger partial charge on any atom is 0.324 e. The lowest BCUT2D eigenvalue weighted by molar-refractivity contribution is 0.250. The largest absolute Gasteiger partial charge is 0.456 e. The number of carbonyl (C=O) groups is 2. The van der Waals surface area contributed by atoms with Gasteiger partial charge in [0.05, 0.1) is 28.7 Å². The van der Waals surface area contributed by atoms with Crippen LogP contribution in [0.15, 0.2) is 60.8 Å². The zero-order chi connectivity index (χ0) is 32.7. The number of rotatable bonds is 10. The first-order valence-electron chi connectivity index (χ1n) is 14.0. The second kappa shape index (κ2) is 14.6. The van der Waals surface area contributed by atoms with E-state index in [9.17, 15) is 14.7 Å². The number of hydrogen-bond donors (Lipinski definition) is 5. The fourth-order valence-corrected chi connectivity index (χ4v) is 4.38. The highest BCUT2D eigenvalue weighted by molar-refractivity contribution is 6.45. The molecule has 0 spiro atoms. The number of ether oxygens (including phenoxy) is 1. The Balaban J connectivity index is 1.45. The summed E-state index contributed by atoms with van der Waals surface area (Å²) in [7, 11) is 3.83. The molecule has 2 aromatic carbocycles. The first kappa shape index (κ1) is 33.5. The van der Waals surface area contributed by atoms with Gasteiger partial charge >= 0.3 is 12.1 Å². The molecule has 14 heteroatoms. The Morgan fingerprint density at radius 2 is 1.69 bits per heavy atom. The molecule has 4 amide bonds. The zero-order valence-corrected chi connectivity index (χ0v) is 27.1. The fraction of sp³-hybridized carbons (Fsp3) is 0.290. The van der Waals surface area contributed by atoms with Crippen molar-refractivity contribution >= 4 is 52.6 Å². The van der Waals surface area contributed by atoms with Crippen LogP contribution in [0.1, 0.15) is 32.0 Å². The number of aliphatic hydroxyl groups excluding tert-OH is 1. The topological polar surface area (TPSA) is 146 Å². The van der Waals surface area contributed by atoms with Crippen LogP contribution in [-0.4, -0.2) is 64.0 Å². The van der Waals surface area contributed by atoms with Gasteiger partial charge in [0.25, 0.3) is 0 Å². The number of hydrogen-bond acceptors (Lipinski definition) is 7. The molecule has 12 nitrogen and oxygen atoms in total. The van der Waals surface area contributed by atoms with Crippen LogP contribution >= 0.6 is 23.2 Å². The summed E-state index contributed by atoms with van der Waals surface area (Å²) in [6, 6.07) is 14.3. The third-order valence-electron chi connectivity index (χ3n) is 6.42. The van der Waals surface area contributed by atoms with Crippen molar-refractivity contribution in [2.24, 2.45) is 0 Å². The Morgan fingerprint density at radius 1 is 0.956 bits per heavy atom. The number of nitrogens with zero attached hydrogens (tertiary/aromatic N) is 4. The average molecular weight is 656 g/mol. The summed E-state index contributed by atoms with van der Waals surface area (Å²) in [5.74, 6) is 1.31. The Labute approximate surface area is 271 Å². The molecule has 0 fully saturated rings. The number of carbonyl (C=O) groups excluding carboxylic acids is 2. The number of aliphatic hydroxyl groups is 1. The Kier molecular flexibility index (Phi) is 10.9. The highest BCUT2D eigenvalue weighted by atomic mass is 35.5. The van der Waals surface area contributed by atoms with Gasteiger partial charge in [-0.25, -0.2) is 19.3 Å². The lowest BCUT2D eigenvalue weighted by Gasteiger charge is -2.14. The number of likely N-dealkylation sites (N-methyl/N-ethyl adjacent to an activating group) is 1. The molecule has 2 aromatic heterocycles. The van der Waals surface area contributed by atoms with Crippen LogP contribution in [0, 0.1) is 0 Å². The van der Waals surface area contributed by atoms with Gasteiger partial charge in [0.1, 0.15) is 28.2 Å². The number of urea groups is 2. The third-order valence-corrected chi connectivity index (χ3v) is 7.29. The van der Waals surface area contributed by atoms with Crippen LogP contribution < -0.4 is 26.0 Å². The lowest BCUT2D eigenvalue weighted by atomic mass is 9.92. The molecular weight excluding hydrogens is 619 g/mol. The van der Waals surface area contributed by atoms with Gasteiger partial charge in [-0.3, -0.25) is 10.6 Å². The van der Waals surface area contributed by atoms with Gasteiger partial charge in [0, 0.05) is 36.8 Å². The molecule has 4 aromatic rings. The van der Waals surface area contributed by atoms with E-state index >= 15 is 0 Å². The van der Waals surface area contributed by atoms with Crippen molar-refractivity contribution in [3.63, 3.8) is 0 Å². The van der Waals surface area contributed by atoms with Gasteiger partial charge in [0.15, 0.2) is 0 Å². The van der Waals surface area contributed by atoms with Crippen molar-refractivity contribution in [1.82, 2.24) is 25.0 Å². The van der Waals surface area contributed by atoms with Crippen molar-refractivity contribution in [1.29, 1.82) is 0 Å². The molecule has 5 N–H and O–H groups in total. The van der Waals surface area contributed by atoms with Crippen LogP contribution in [0.3, 0.4) is 0 Å². The normalized spacial score (nSPS) is 11.3. The third kappa shape index (κ3) is 9.08. The molecule has 0 aliphatic carbocycles. The number of pyridine rings is 1. The summed E-state index contributed by atoms with van der Waals surface area (Å²) in [5.41, 5.74) is 2.21. The summed E-state index contributed by atoms with van der Waals surface area (Å²) in [5, 5.41) is 25.2. The quantitative estimate of drug-likeness (QED) is 0.131. The molecular formula is C31H36Cl2N8O4. The first-order chi connectivity index (χ1) is 21.3. The van der Waals surface area contributed by atoms with E-state index in [-0.39, 0.29) is 39.3 Å². The van der Waals surface area contributed by atoms with E-state index in [0.717, 1.165) is 11.3 Å². The number of anilines is 3. The minimum absolute atomic E-state index is 0.0699. The molecule has 2 heterocycles. The van der Waals surface area contributed by atoms with E-state index in [1.54, 1.807) is 47.1 Å². The van der Waals surface area contributed by atoms with Crippen molar-refractivity contribution in [3.8, 4) is 17.2 Å². The minimum atomic E-state index is -0.566. The van der Waals surface area contributed by atoms with Crippen molar-refractivity contribution in [2.75, 3.05) is 43.1 Å². The Hall–Kier alpha value is -4.36. The monoisotopic (exact) mass is 654 g/mol. The Morgan fingerprint density at radius 3 is 2.36 bits per heavy atom. The van der Waals surface area contributed by atoms with Crippen LogP contribution in [0.5, 0.6) is 11.5 Å². The number of benzene rings is 2. The van der Waals surface area contributed by atoms with E-state index in [1.807, 2.05) is 51.9 Å². The molecule has 0 atom stereocenters. The maximum atomic E-state index is 13.1. The second-order valence-electron chi connectivity index (χ2n) is 11.4. The smallest absolute Gasteiger partial charge is 0.324 e. The maximum absolute atomic E-state index is 13.1. The summed E-state index contributed by atoms with van der Waals surface area (Å²) >= 11 is 13.1. The van der Waals surface area contributed by atoms with Crippen LogP contribution in [-0.2, 0) is 12.0 Å². The van der Waals surface area contributed by atoms with Gasteiger partial charge in [-0.05, 0) is 50.0 Å². The molecule has 0 bridgehead atoms. The predicted molar refractivity (Wildman–Crippen MR) is 177 cm³/mol. The lowest BCUT2D eigenvalue weighted by Crippen LogP contribution is -2.34. The number of aromatic nitrogens is 3. The van der Waals surface area contributed by atoms with E-state index in [0.29, 0.717) is 30.3 Å². The highest BCUT2D eigenvalue weighted by Crippen LogP contribution is 2.40. The summed E-state index contributed by atoms with van der Waals surface area (Å²) < 4.78 is 7.53. The second-order valence-corrected chi connectivity index (χ2v) is 12.1. The molecule has 238 valence electrons. The molecule has 0 aliphatic heterocycles. The molecule has 4 rings (SSSR count). The number of halogens is 2. The molecule has 45 heavy (non-hydrogen) atoms. The summed E-state index contributed by atoms with van der Waals surface area (Å²) in [4.78, 5) is 31.4. The van der Waals surface area contributed by atoms with Gasteiger partial charge in [-0.2, -0.15) is 5.10 Å². The van der Waals surface area contributed by atoms with Gasteiger partial charge < -0.3 is 25.4 Å². The van der Waals surface area contributed by atoms with E-state index in [2.05, 4.69) is 26.3 Å². The van der Waals surface area contributed by atoms with E-state index < -0.39 is 12.1 Å². The van der Waals surface area contributed by atoms with Crippen LogP contribution in [0.25, 0.3) is 5.69 Å². The molecule has 0 aliphatic rings. The SMILES string of the molecule is CN(C)CCNC(=O)Nc1cc(Oc2ccc(NC(=O)Nc3cc(C(C)(C)C)nn3-c3ccc(CO)cc3)c(Cl)c2Cl)ccn1. The highest BCUT2D eigenvalue weighted by Gasteiger charge is 2.22. The Bertz CT molecular complexity index is 1650. The molecule has 0 unspecified atom stereocenters. The van der Waals surface area contributed by atoms with Crippen molar-refractivity contribution in [2.45, 2.75) is 32.8 Å². The molecule has 0 saturated heterocycles. The molecule has 0 radical (unpaired) electrons. The summed E-state index contributed by atoms with van der Waals surface area (Å²) in [6.07, 6.45) is 1.48. The van der Waals surface area contributed by atoms with Gasteiger partial charge in [-0.15, -0.1) is 0 Å². The van der Waals surface area contributed by atoms with Gasteiger partial charge in [0.2, 0.25) is 0 Å². The fourth-order valence-electron chi connectivity index (χ4n) is 3.98. The minimum Gasteiger partial charge on any atom is -0.456 e. The summed E-state index contributed by atoms with van der Waals surface area (Å²) in [6.45, 7) is 7.16. The van der Waals surface area contributed by atoms with E-state index in [4.69, 9.17) is 33.0 Å². The van der Waals surface area contributed by atoms with Crippen LogP contribution in [0.2, 0.25) is 10.0 Å². The first-order valence-corrected chi connectivity index (χ1v) is 14.8. The standard InChI is InChI=1S/C31H36Cl2N8O4/c1-31(2,3)24-17-26(41(39-24)20-8-6-19(18-42)7-9-20)38-30(44)36-22-10-11-23(28(33)27(22)32)45-21-12-13-34-25(16-21)37-29(43)35-14-15-40(4)5/h6-13,16-17,42H,14-15,18H2,1-5H3,(H2,36,38,44)(H2,34,35,37,43). The van der Waals surface area contributed by atoms with E-state index in [1.165, 1.54) is 6.20 Å². The zero-order valence-electron chi connectivity index (χ0n) is 25.6. The average Bonchev–Trinajstić information content (AvgIpc) is 3.41. The predicted octanol–water partition coefficient (Wildman–Crippen LogP) is 6.48.